The fourth-order valence-electron chi connectivity index (χ4n) is 5.74. The zero-order valence-corrected chi connectivity index (χ0v) is 20.3. The van der Waals surface area contributed by atoms with E-state index in [4.69, 9.17) is 14.2 Å². The lowest BCUT2D eigenvalue weighted by atomic mass is 9.78. The van der Waals surface area contributed by atoms with Crippen molar-refractivity contribution in [2.24, 2.45) is 35.0 Å². The quantitative estimate of drug-likeness (QED) is 0.436. The molecule has 2 saturated heterocycles. The van der Waals surface area contributed by atoms with Crippen LogP contribution < -0.4 is 0 Å². The zero-order chi connectivity index (χ0) is 21.2. The van der Waals surface area contributed by atoms with Crippen LogP contribution in [-0.2, 0) is 14.2 Å². The lowest BCUT2D eigenvalue weighted by Gasteiger charge is -2.38. The molecule has 0 spiro atoms. The van der Waals surface area contributed by atoms with Crippen LogP contribution in [0, 0.1) is 35.0 Å². The summed E-state index contributed by atoms with van der Waals surface area (Å²) in [7, 11) is 0. The summed E-state index contributed by atoms with van der Waals surface area (Å²) in [5.41, 5.74) is 0.408. The largest absolute Gasteiger partial charge is 0.378 e. The molecular weight excluding hydrogens is 360 g/mol. The molecule has 7 unspecified atom stereocenters. The summed E-state index contributed by atoms with van der Waals surface area (Å²) in [6, 6.07) is 0. The summed E-state index contributed by atoms with van der Waals surface area (Å²) in [5.74, 6) is 3.79. The normalized spacial score (nSPS) is 39.3. The van der Waals surface area contributed by atoms with Crippen LogP contribution in [0.5, 0.6) is 0 Å². The maximum atomic E-state index is 6.35. The Balaban J connectivity index is 1.33. The second-order valence-corrected chi connectivity index (χ2v) is 12.0. The molecule has 3 rings (SSSR count). The summed E-state index contributed by atoms with van der Waals surface area (Å²) < 4.78 is 18.5. The molecule has 0 aromatic carbocycles. The minimum absolute atomic E-state index is 0.0608. The lowest BCUT2D eigenvalue weighted by Crippen LogP contribution is -2.36. The maximum absolute atomic E-state index is 6.35. The molecule has 3 heteroatoms. The van der Waals surface area contributed by atoms with Gasteiger partial charge in [-0.05, 0) is 101 Å². The first-order valence-electron chi connectivity index (χ1n) is 12.5. The minimum Gasteiger partial charge on any atom is -0.378 e. The van der Waals surface area contributed by atoms with Crippen molar-refractivity contribution in [2.45, 2.75) is 111 Å². The van der Waals surface area contributed by atoms with Gasteiger partial charge in [0, 0.05) is 6.61 Å². The van der Waals surface area contributed by atoms with E-state index in [0.29, 0.717) is 23.5 Å². The molecule has 7 atom stereocenters. The van der Waals surface area contributed by atoms with Crippen molar-refractivity contribution in [1.82, 2.24) is 0 Å². The van der Waals surface area contributed by atoms with Crippen molar-refractivity contribution in [2.75, 3.05) is 19.8 Å². The van der Waals surface area contributed by atoms with Gasteiger partial charge >= 0.3 is 0 Å². The van der Waals surface area contributed by atoms with E-state index in [1.807, 2.05) is 0 Å². The van der Waals surface area contributed by atoms with E-state index in [9.17, 15) is 0 Å². The predicted molar refractivity (Wildman–Crippen MR) is 120 cm³/mol. The molecule has 3 fully saturated rings. The van der Waals surface area contributed by atoms with Gasteiger partial charge in [-0.2, -0.15) is 0 Å². The van der Waals surface area contributed by atoms with E-state index in [-0.39, 0.29) is 5.60 Å². The molecule has 29 heavy (non-hydrogen) atoms. The Kier molecular flexibility index (Phi) is 7.77. The van der Waals surface area contributed by atoms with Gasteiger partial charge in [0.1, 0.15) is 0 Å². The molecular formula is C26H48O3. The molecule has 0 radical (unpaired) electrons. The van der Waals surface area contributed by atoms with Gasteiger partial charge in [0.15, 0.2) is 0 Å². The van der Waals surface area contributed by atoms with Crippen molar-refractivity contribution in [3.63, 3.8) is 0 Å². The molecule has 2 aliphatic heterocycles. The van der Waals surface area contributed by atoms with E-state index >= 15 is 0 Å². The Morgan fingerprint density at radius 3 is 2.31 bits per heavy atom. The summed E-state index contributed by atoms with van der Waals surface area (Å²) in [6.45, 7) is 19.0. The maximum Gasteiger partial charge on any atom is 0.0629 e. The second-order valence-electron chi connectivity index (χ2n) is 12.0. The van der Waals surface area contributed by atoms with Crippen LogP contribution in [0.2, 0.25) is 0 Å². The van der Waals surface area contributed by atoms with Crippen molar-refractivity contribution in [3.8, 4) is 0 Å². The third-order valence-corrected chi connectivity index (χ3v) is 8.43. The monoisotopic (exact) mass is 408 g/mol. The average molecular weight is 409 g/mol. The third kappa shape index (κ3) is 6.43. The van der Waals surface area contributed by atoms with Crippen molar-refractivity contribution in [3.05, 3.63) is 0 Å². The molecule has 0 N–H and O–H groups in total. The molecule has 3 aliphatic rings. The van der Waals surface area contributed by atoms with Crippen LogP contribution in [0.4, 0.5) is 0 Å². The fraction of sp³-hybridized carbons (Fsp3) is 1.00. The zero-order valence-electron chi connectivity index (χ0n) is 20.3. The van der Waals surface area contributed by atoms with Gasteiger partial charge < -0.3 is 14.2 Å². The standard InChI is InChI=1S/C26H48O3/c1-18(2)22-10-11-24(27-16-22)23-15-26(23,7)17-28-20(4)9-8-19(3)21-12-13-29-25(5,6)14-21/h18-24H,8-17H2,1-7H3. The van der Waals surface area contributed by atoms with Gasteiger partial charge in [0.2, 0.25) is 0 Å². The summed E-state index contributed by atoms with van der Waals surface area (Å²) in [4.78, 5) is 0. The summed E-state index contributed by atoms with van der Waals surface area (Å²) in [5, 5.41) is 0. The molecule has 0 aromatic rings. The Labute approximate surface area is 180 Å². The first kappa shape index (κ1) is 23.5. The van der Waals surface area contributed by atoms with Gasteiger partial charge in [-0.3, -0.25) is 0 Å². The SMILES string of the molecule is CC(CCC(C)C1CCOC(C)(C)C1)OCC1(C)CC1C1CCC(C(C)C)CO1. The van der Waals surface area contributed by atoms with Gasteiger partial charge in [-0.15, -0.1) is 0 Å². The fourth-order valence-corrected chi connectivity index (χ4v) is 5.74. The molecule has 0 aromatic heterocycles. The van der Waals surface area contributed by atoms with Crippen molar-refractivity contribution in [1.29, 1.82) is 0 Å². The van der Waals surface area contributed by atoms with Crippen molar-refractivity contribution >= 4 is 0 Å². The van der Waals surface area contributed by atoms with Crippen LogP contribution in [0.3, 0.4) is 0 Å². The summed E-state index contributed by atoms with van der Waals surface area (Å²) >= 11 is 0. The minimum atomic E-state index is 0.0608. The first-order valence-corrected chi connectivity index (χ1v) is 12.5. The highest BCUT2D eigenvalue weighted by molar-refractivity contribution is 5.03. The van der Waals surface area contributed by atoms with Crippen LogP contribution in [0.15, 0.2) is 0 Å². The number of ether oxygens (including phenoxy) is 3. The summed E-state index contributed by atoms with van der Waals surface area (Å²) in [6.07, 6.45) is 9.57. The van der Waals surface area contributed by atoms with Crippen LogP contribution in [0.1, 0.15) is 93.4 Å². The average Bonchev–Trinajstić information content (AvgIpc) is 3.35. The lowest BCUT2D eigenvalue weighted by molar-refractivity contribution is -0.0828. The van der Waals surface area contributed by atoms with Crippen LogP contribution >= 0.6 is 0 Å². The molecule has 2 heterocycles. The van der Waals surface area contributed by atoms with E-state index in [1.54, 1.807) is 0 Å². The second kappa shape index (κ2) is 9.57. The highest BCUT2D eigenvalue weighted by Crippen LogP contribution is 2.56. The molecule has 1 saturated carbocycles. The predicted octanol–water partition coefficient (Wildman–Crippen LogP) is 6.49. The molecule has 170 valence electrons. The van der Waals surface area contributed by atoms with E-state index in [0.717, 1.165) is 43.5 Å². The van der Waals surface area contributed by atoms with Gasteiger partial charge in [-0.25, -0.2) is 0 Å². The topological polar surface area (TPSA) is 27.7 Å². The van der Waals surface area contributed by atoms with Crippen LogP contribution in [-0.4, -0.2) is 37.6 Å². The first-order chi connectivity index (χ1) is 13.6. The number of rotatable bonds is 9. The Morgan fingerprint density at radius 1 is 0.931 bits per heavy atom. The van der Waals surface area contributed by atoms with Gasteiger partial charge in [0.05, 0.1) is 31.0 Å². The van der Waals surface area contributed by atoms with Gasteiger partial charge in [0.25, 0.3) is 0 Å². The number of hydrogen-bond donors (Lipinski definition) is 0. The highest BCUT2D eigenvalue weighted by atomic mass is 16.5. The molecule has 1 aliphatic carbocycles. The van der Waals surface area contributed by atoms with E-state index in [2.05, 4.69) is 48.5 Å². The molecule has 0 bridgehead atoms. The Morgan fingerprint density at radius 2 is 1.69 bits per heavy atom. The molecule has 0 amide bonds. The molecule has 3 nitrogen and oxygen atoms in total. The van der Waals surface area contributed by atoms with Crippen molar-refractivity contribution < 1.29 is 14.2 Å². The van der Waals surface area contributed by atoms with E-state index < -0.39 is 0 Å². The highest BCUT2D eigenvalue weighted by Gasteiger charge is 2.55. The third-order valence-electron chi connectivity index (χ3n) is 8.43. The number of hydrogen-bond acceptors (Lipinski definition) is 3. The van der Waals surface area contributed by atoms with E-state index in [1.165, 1.54) is 44.9 Å². The Bertz CT molecular complexity index is 508. The Hall–Kier alpha value is -0.120. The van der Waals surface area contributed by atoms with Crippen LogP contribution in [0.25, 0.3) is 0 Å². The smallest absolute Gasteiger partial charge is 0.0629 e. The van der Waals surface area contributed by atoms with Gasteiger partial charge in [-0.1, -0.05) is 27.7 Å².